The Morgan fingerprint density at radius 1 is 1.15 bits per heavy atom. The number of benzene rings is 2. The minimum Gasteiger partial charge on any atom is -0.369 e. The summed E-state index contributed by atoms with van der Waals surface area (Å²) >= 11 is 0. The van der Waals surface area contributed by atoms with Crippen LogP contribution in [0.25, 0.3) is 0 Å². The molecule has 0 atom stereocenters. The Kier molecular flexibility index (Phi) is 4.41. The van der Waals surface area contributed by atoms with E-state index in [1.54, 1.807) is 0 Å². The Hall–Kier alpha value is -2.29. The van der Waals surface area contributed by atoms with E-state index >= 15 is 0 Å². The van der Waals surface area contributed by atoms with E-state index in [2.05, 4.69) is 37.0 Å². The van der Waals surface area contributed by atoms with Crippen LogP contribution in [-0.4, -0.2) is 13.0 Å². The van der Waals surface area contributed by atoms with Gasteiger partial charge in [-0.25, -0.2) is 4.99 Å². The number of aryl methyl sites for hydroxylation is 2. The molecule has 0 radical (unpaired) electrons. The molecule has 2 rings (SSSR count). The third kappa shape index (κ3) is 3.18. The second-order valence-electron chi connectivity index (χ2n) is 4.85. The van der Waals surface area contributed by atoms with Crippen LogP contribution >= 0.6 is 0 Å². The van der Waals surface area contributed by atoms with E-state index in [1.807, 2.05) is 42.3 Å². The van der Waals surface area contributed by atoms with Gasteiger partial charge in [0, 0.05) is 12.7 Å². The minimum absolute atomic E-state index is 0.497. The molecule has 3 heteroatoms. The second-order valence-corrected chi connectivity index (χ2v) is 4.85. The van der Waals surface area contributed by atoms with E-state index in [9.17, 15) is 0 Å². The normalized spacial score (nSPS) is 11.4. The fourth-order valence-electron chi connectivity index (χ4n) is 2.09. The molecule has 20 heavy (non-hydrogen) atoms. The summed E-state index contributed by atoms with van der Waals surface area (Å²) in [6.07, 6.45) is 0.946. The summed E-state index contributed by atoms with van der Waals surface area (Å²) in [7, 11) is 1.93. The van der Waals surface area contributed by atoms with Crippen LogP contribution in [0.3, 0.4) is 0 Å². The van der Waals surface area contributed by atoms with Crippen molar-refractivity contribution < 1.29 is 0 Å². The molecule has 0 saturated heterocycles. The highest BCUT2D eigenvalue weighted by Gasteiger charge is 2.06. The van der Waals surface area contributed by atoms with Crippen LogP contribution in [0.15, 0.2) is 53.5 Å². The summed E-state index contributed by atoms with van der Waals surface area (Å²) in [5.41, 5.74) is 10.5. The van der Waals surface area contributed by atoms with Crippen LogP contribution in [-0.2, 0) is 6.42 Å². The van der Waals surface area contributed by atoms with Gasteiger partial charge in [0.05, 0.1) is 5.69 Å². The fraction of sp³-hybridized carbons (Fsp3) is 0.235. The average molecular weight is 267 g/mol. The first-order valence-corrected chi connectivity index (χ1v) is 6.84. The molecule has 0 saturated carbocycles. The van der Waals surface area contributed by atoms with Crippen molar-refractivity contribution in [3.8, 4) is 0 Å². The Morgan fingerprint density at radius 2 is 1.90 bits per heavy atom. The van der Waals surface area contributed by atoms with Gasteiger partial charge >= 0.3 is 0 Å². The molecule has 2 aromatic carbocycles. The van der Waals surface area contributed by atoms with Gasteiger partial charge in [0.25, 0.3) is 0 Å². The zero-order valence-electron chi connectivity index (χ0n) is 12.3. The summed E-state index contributed by atoms with van der Waals surface area (Å²) < 4.78 is 0. The topological polar surface area (TPSA) is 41.6 Å². The number of para-hydroxylation sites is 1. The van der Waals surface area contributed by atoms with Gasteiger partial charge < -0.3 is 10.6 Å². The number of hydrogen-bond donors (Lipinski definition) is 1. The molecular weight excluding hydrogens is 246 g/mol. The maximum Gasteiger partial charge on any atom is 0.200 e. The van der Waals surface area contributed by atoms with Crippen molar-refractivity contribution in [1.29, 1.82) is 0 Å². The monoisotopic (exact) mass is 267 g/mol. The summed E-state index contributed by atoms with van der Waals surface area (Å²) in [4.78, 5) is 6.46. The highest BCUT2D eigenvalue weighted by Crippen LogP contribution is 2.20. The number of rotatable bonds is 3. The minimum atomic E-state index is 0.497. The lowest BCUT2D eigenvalue weighted by Gasteiger charge is -2.19. The molecule has 0 aliphatic rings. The maximum absolute atomic E-state index is 6.13. The van der Waals surface area contributed by atoms with Crippen molar-refractivity contribution in [3.05, 3.63) is 59.7 Å². The summed E-state index contributed by atoms with van der Waals surface area (Å²) in [6, 6.07) is 16.3. The molecule has 0 bridgehead atoms. The number of aliphatic imine (C=N–C) groups is 1. The first-order chi connectivity index (χ1) is 9.61. The van der Waals surface area contributed by atoms with E-state index in [4.69, 9.17) is 5.73 Å². The predicted molar refractivity (Wildman–Crippen MR) is 86.7 cm³/mol. The van der Waals surface area contributed by atoms with Crippen molar-refractivity contribution in [2.45, 2.75) is 20.3 Å². The summed E-state index contributed by atoms with van der Waals surface area (Å²) in [5.74, 6) is 0.497. The molecule has 0 spiro atoms. The van der Waals surface area contributed by atoms with Gasteiger partial charge in [0.1, 0.15) is 0 Å². The third-order valence-electron chi connectivity index (χ3n) is 3.34. The van der Waals surface area contributed by atoms with Gasteiger partial charge in [-0.1, -0.05) is 37.3 Å². The molecule has 2 N–H and O–H groups in total. The van der Waals surface area contributed by atoms with Crippen molar-refractivity contribution in [3.63, 3.8) is 0 Å². The molecule has 104 valence electrons. The van der Waals surface area contributed by atoms with Crippen LogP contribution in [0.4, 0.5) is 11.4 Å². The van der Waals surface area contributed by atoms with Crippen LogP contribution in [0, 0.1) is 6.92 Å². The van der Waals surface area contributed by atoms with Crippen molar-refractivity contribution >= 4 is 17.3 Å². The molecule has 0 aliphatic heterocycles. The molecule has 0 amide bonds. The molecule has 0 fully saturated rings. The SMILES string of the molecule is CCc1ccccc1N=C(N)N(C)c1cccc(C)c1. The van der Waals surface area contributed by atoms with E-state index in [0.717, 1.165) is 17.8 Å². The van der Waals surface area contributed by atoms with Crippen molar-refractivity contribution in [2.75, 3.05) is 11.9 Å². The van der Waals surface area contributed by atoms with Gasteiger partial charge in [-0.2, -0.15) is 0 Å². The first-order valence-electron chi connectivity index (χ1n) is 6.84. The lowest BCUT2D eigenvalue weighted by atomic mass is 10.1. The van der Waals surface area contributed by atoms with E-state index in [-0.39, 0.29) is 0 Å². The number of guanidine groups is 1. The molecule has 0 heterocycles. The number of nitrogens with zero attached hydrogens (tertiary/aromatic N) is 2. The molecular formula is C17H21N3. The van der Waals surface area contributed by atoms with Gasteiger partial charge in [-0.05, 0) is 42.7 Å². The second kappa shape index (κ2) is 6.24. The highest BCUT2D eigenvalue weighted by atomic mass is 15.2. The van der Waals surface area contributed by atoms with Crippen LogP contribution in [0.1, 0.15) is 18.1 Å². The summed E-state index contributed by atoms with van der Waals surface area (Å²) in [5, 5.41) is 0. The smallest absolute Gasteiger partial charge is 0.200 e. The van der Waals surface area contributed by atoms with E-state index < -0.39 is 0 Å². The van der Waals surface area contributed by atoms with Gasteiger partial charge in [-0.3, -0.25) is 0 Å². The molecule has 2 aromatic rings. The number of hydrogen-bond acceptors (Lipinski definition) is 1. The molecule has 0 unspecified atom stereocenters. The standard InChI is InChI=1S/C17H21N3/c1-4-14-9-5-6-11-16(14)19-17(18)20(3)15-10-7-8-13(2)12-15/h5-12H,4H2,1-3H3,(H2,18,19). The van der Waals surface area contributed by atoms with Crippen molar-refractivity contribution in [2.24, 2.45) is 10.7 Å². The van der Waals surface area contributed by atoms with Crippen molar-refractivity contribution in [1.82, 2.24) is 0 Å². The molecule has 3 nitrogen and oxygen atoms in total. The maximum atomic E-state index is 6.13. The third-order valence-corrected chi connectivity index (χ3v) is 3.34. The van der Waals surface area contributed by atoms with Gasteiger partial charge in [-0.15, -0.1) is 0 Å². The van der Waals surface area contributed by atoms with Crippen LogP contribution in [0.5, 0.6) is 0 Å². The van der Waals surface area contributed by atoms with E-state index in [0.29, 0.717) is 5.96 Å². The fourth-order valence-corrected chi connectivity index (χ4v) is 2.09. The predicted octanol–water partition coefficient (Wildman–Crippen LogP) is 3.64. The molecule has 0 aliphatic carbocycles. The number of anilines is 1. The average Bonchev–Trinajstić information content (AvgIpc) is 2.47. The molecule has 0 aromatic heterocycles. The van der Waals surface area contributed by atoms with Gasteiger partial charge in [0.15, 0.2) is 0 Å². The number of nitrogens with two attached hydrogens (primary N) is 1. The quantitative estimate of drug-likeness (QED) is 0.681. The lowest BCUT2D eigenvalue weighted by molar-refractivity contribution is 1.12. The highest BCUT2D eigenvalue weighted by molar-refractivity contribution is 5.96. The largest absolute Gasteiger partial charge is 0.369 e. The summed E-state index contributed by atoms with van der Waals surface area (Å²) in [6.45, 7) is 4.19. The van der Waals surface area contributed by atoms with Crippen LogP contribution < -0.4 is 10.6 Å². The Morgan fingerprint density at radius 3 is 2.60 bits per heavy atom. The lowest BCUT2D eigenvalue weighted by Crippen LogP contribution is -2.33. The van der Waals surface area contributed by atoms with Gasteiger partial charge in [0.2, 0.25) is 5.96 Å². The zero-order chi connectivity index (χ0) is 14.5. The Labute approximate surface area is 120 Å². The zero-order valence-corrected chi connectivity index (χ0v) is 12.3. The van der Waals surface area contributed by atoms with E-state index in [1.165, 1.54) is 11.1 Å². The Balaban J connectivity index is 2.30. The Bertz CT molecular complexity index is 617. The first kappa shape index (κ1) is 14.1. The van der Waals surface area contributed by atoms with Crippen LogP contribution in [0.2, 0.25) is 0 Å².